The van der Waals surface area contributed by atoms with Crippen LogP contribution in [0.3, 0.4) is 0 Å². The fourth-order valence-electron chi connectivity index (χ4n) is 3.46. The Morgan fingerprint density at radius 1 is 1.24 bits per heavy atom. The van der Waals surface area contributed by atoms with Gasteiger partial charge in [0, 0.05) is 17.5 Å². The maximum absolute atomic E-state index is 6.33. The van der Waals surface area contributed by atoms with Crippen molar-refractivity contribution in [3.05, 3.63) is 57.8 Å². The smallest absolute Gasteiger partial charge is 0.0593 e. The van der Waals surface area contributed by atoms with Crippen LogP contribution in [0, 0.1) is 6.92 Å². The molecule has 2 heterocycles. The number of likely N-dealkylation sites (tertiary alicyclic amines) is 1. The Bertz CT molecular complexity index is 576. The van der Waals surface area contributed by atoms with Crippen molar-refractivity contribution in [3.8, 4) is 0 Å². The molecule has 112 valence electrons. The molecular weight excluding hydrogens is 276 g/mol. The number of rotatable bonds is 4. The third kappa shape index (κ3) is 3.05. The number of aryl methyl sites for hydroxylation is 1. The monoisotopic (exact) mass is 300 g/mol. The van der Waals surface area contributed by atoms with Gasteiger partial charge in [0.25, 0.3) is 0 Å². The van der Waals surface area contributed by atoms with E-state index >= 15 is 0 Å². The van der Waals surface area contributed by atoms with Crippen LogP contribution in [0.25, 0.3) is 0 Å². The summed E-state index contributed by atoms with van der Waals surface area (Å²) in [7, 11) is 0. The van der Waals surface area contributed by atoms with Gasteiger partial charge in [-0.25, -0.2) is 0 Å². The van der Waals surface area contributed by atoms with E-state index in [1.807, 2.05) is 11.3 Å². The highest BCUT2D eigenvalue weighted by atomic mass is 32.1. The summed E-state index contributed by atoms with van der Waals surface area (Å²) in [5.41, 5.74) is 9.17. The highest BCUT2D eigenvalue weighted by Crippen LogP contribution is 2.37. The molecule has 3 atom stereocenters. The van der Waals surface area contributed by atoms with Crippen molar-refractivity contribution in [2.75, 3.05) is 13.1 Å². The average Bonchev–Trinajstić information content (AvgIpc) is 3.11. The highest BCUT2D eigenvalue weighted by Gasteiger charge is 2.33. The van der Waals surface area contributed by atoms with E-state index in [4.69, 9.17) is 5.73 Å². The minimum Gasteiger partial charge on any atom is -0.326 e. The standard InChI is InChI=1S/C18H24N2S/c1-13-9-11-21-18(13)17(14(2)19)20-10-8-16(12-20)15-6-4-3-5-7-15/h3-7,9,11,14,16-17H,8,10,12,19H2,1-2H3. The zero-order valence-electron chi connectivity index (χ0n) is 12.8. The minimum atomic E-state index is 0.164. The van der Waals surface area contributed by atoms with Crippen LogP contribution in [0.4, 0.5) is 0 Å². The summed E-state index contributed by atoms with van der Waals surface area (Å²) in [4.78, 5) is 4.03. The molecule has 1 aliphatic rings. The van der Waals surface area contributed by atoms with Crippen LogP contribution in [0.15, 0.2) is 41.8 Å². The molecule has 2 N–H and O–H groups in total. The van der Waals surface area contributed by atoms with Crippen molar-refractivity contribution in [2.24, 2.45) is 5.73 Å². The Morgan fingerprint density at radius 3 is 2.62 bits per heavy atom. The molecule has 2 aromatic rings. The van der Waals surface area contributed by atoms with Gasteiger partial charge in [-0.15, -0.1) is 11.3 Å². The normalized spacial score (nSPS) is 22.3. The van der Waals surface area contributed by atoms with Crippen LogP contribution in [0.5, 0.6) is 0 Å². The minimum absolute atomic E-state index is 0.164. The van der Waals surface area contributed by atoms with Gasteiger partial charge in [0.05, 0.1) is 6.04 Å². The van der Waals surface area contributed by atoms with Crippen LogP contribution < -0.4 is 5.73 Å². The number of hydrogen-bond donors (Lipinski definition) is 1. The second kappa shape index (κ2) is 6.30. The van der Waals surface area contributed by atoms with Crippen molar-refractivity contribution in [1.82, 2.24) is 4.90 Å². The summed E-state index contributed by atoms with van der Waals surface area (Å²) in [6.07, 6.45) is 1.23. The third-order valence-electron chi connectivity index (χ3n) is 4.55. The molecule has 0 bridgehead atoms. The lowest BCUT2D eigenvalue weighted by Crippen LogP contribution is -2.38. The van der Waals surface area contributed by atoms with Crippen molar-refractivity contribution < 1.29 is 0 Å². The molecule has 0 spiro atoms. The van der Waals surface area contributed by atoms with Gasteiger partial charge < -0.3 is 5.73 Å². The second-order valence-corrected chi connectivity index (χ2v) is 7.11. The Hall–Kier alpha value is -1.16. The van der Waals surface area contributed by atoms with E-state index in [1.54, 1.807) is 0 Å². The SMILES string of the molecule is Cc1ccsc1C(C(C)N)N1CCC(c2ccccc2)C1. The molecular formula is C18H24N2S. The molecule has 1 aliphatic heterocycles. The Morgan fingerprint density at radius 2 is 2.00 bits per heavy atom. The first-order valence-corrected chi connectivity index (χ1v) is 8.63. The highest BCUT2D eigenvalue weighted by molar-refractivity contribution is 7.10. The van der Waals surface area contributed by atoms with Gasteiger partial charge in [-0.05, 0) is 55.3 Å². The Kier molecular flexibility index (Phi) is 4.43. The molecule has 0 amide bonds. The van der Waals surface area contributed by atoms with Crippen molar-refractivity contribution in [3.63, 3.8) is 0 Å². The van der Waals surface area contributed by atoms with Crippen molar-refractivity contribution in [2.45, 2.75) is 38.3 Å². The number of benzene rings is 1. The summed E-state index contributed by atoms with van der Waals surface area (Å²) in [5.74, 6) is 0.646. The molecule has 1 aromatic carbocycles. The van der Waals surface area contributed by atoms with Gasteiger partial charge in [-0.3, -0.25) is 4.90 Å². The van der Waals surface area contributed by atoms with Crippen LogP contribution in [-0.2, 0) is 0 Å². The van der Waals surface area contributed by atoms with Crippen LogP contribution in [0.2, 0.25) is 0 Å². The lowest BCUT2D eigenvalue weighted by molar-refractivity contribution is 0.219. The van der Waals surface area contributed by atoms with Crippen LogP contribution in [-0.4, -0.2) is 24.0 Å². The summed E-state index contributed by atoms with van der Waals surface area (Å²) >= 11 is 1.85. The molecule has 0 aliphatic carbocycles. The van der Waals surface area contributed by atoms with E-state index < -0.39 is 0 Å². The van der Waals surface area contributed by atoms with Gasteiger partial charge in [-0.2, -0.15) is 0 Å². The van der Waals surface area contributed by atoms with E-state index in [2.05, 4.69) is 60.5 Å². The maximum Gasteiger partial charge on any atom is 0.0593 e. The van der Waals surface area contributed by atoms with Gasteiger partial charge in [0.2, 0.25) is 0 Å². The predicted molar refractivity (Wildman–Crippen MR) is 90.8 cm³/mol. The Balaban J connectivity index is 1.79. The van der Waals surface area contributed by atoms with Gasteiger partial charge >= 0.3 is 0 Å². The second-order valence-electron chi connectivity index (χ2n) is 6.16. The summed E-state index contributed by atoms with van der Waals surface area (Å²) < 4.78 is 0. The molecule has 3 heteroatoms. The summed E-state index contributed by atoms with van der Waals surface area (Å²) in [5, 5.41) is 2.19. The average molecular weight is 300 g/mol. The Labute approximate surface area is 131 Å². The maximum atomic E-state index is 6.33. The molecule has 3 unspecified atom stereocenters. The first kappa shape index (κ1) is 14.8. The summed E-state index contributed by atoms with van der Waals surface area (Å²) in [6, 6.07) is 13.6. The molecule has 21 heavy (non-hydrogen) atoms. The fourth-order valence-corrected chi connectivity index (χ4v) is 4.64. The molecule has 2 nitrogen and oxygen atoms in total. The van der Waals surface area contributed by atoms with E-state index in [0.29, 0.717) is 12.0 Å². The van der Waals surface area contributed by atoms with E-state index in [1.165, 1.54) is 22.4 Å². The van der Waals surface area contributed by atoms with E-state index in [-0.39, 0.29) is 6.04 Å². The van der Waals surface area contributed by atoms with Crippen molar-refractivity contribution in [1.29, 1.82) is 0 Å². The number of hydrogen-bond acceptors (Lipinski definition) is 3. The first-order chi connectivity index (χ1) is 10.2. The summed E-state index contributed by atoms with van der Waals surface area (Å²) in [6.45, 7) is 6.60. The van der Waals surface area contributed by atoms with Gasteiger partial charge in [0.15, 0.2) is 0 Å². The van der Waals surface area contributed by atoms with Crippen molar-refractivity contribution >= 4 is 11.3 Å². The zero-order valence-corrected chi connectivity index (χ0v) is 13.6. The molecule has 3 rings (SSSR count). The van der Waals surface area contributed by atoms with E-state index in [0.717, 1.165) is 13.1 Å². The van der Waals surface area contributed by atoms with Crippen LogP contribution >= 0.6 is 11.3 Å². The topological polar surface area (TPSA) is 29.3 Å². The number of nitrogens with zero attached hydrogens (tertiary/aromatic N) is 1. The molecule has 1 fully saturated rings. The fraction of sp³-hybridized carbons (Fsp3) is 0.444. The quantitative estimate of drug-likeness (QED) is 0.927. The lowest BCUT2D eigenvalue weighted by atomic mass is 9.98. The first-order valence-electron chi connectivity index (χ1n) is 7.75. The van der Waals surface area contributed by atoms with Crippen LogP contribution in [0.1, 0.15) is 41.3 Å². The largest absolute Gasteiger partial charge is 0.326 e. The lowest BCUT2D eigenvalue weighted by Gasteiger charge is -2.31. The molecule has 1 aromatic heterocycles. The molecule has 1 saturated heterocycles. The molecule has 0 saturated carbocycles. The zero-order chi connectivity index (χ0) is 14.8. The number of nitrogens with two attached hydrogens (primary N) is 1. The molecule has 0 radical (unpaired) electrons. The third-order valence-corrected chi connectivity index (χ3v) is 5.64. The number of thiophene rings is 1. The van der Waals surface area contributed by atoms with E-state index in [9.17, 15) is 0 Å². The predicted octanol–water partition coefficient (Wildman–Crippen LogP) is 3.93. The van der Waals surface area contributed by atoms with Gasteiger partial charge in [-0.1, -0.05) is 30.3 Å². The van der Waals surface area contributed by atoms with Gasteiger partial charge in [0.1, 0.15) is 0 Å².